The molecule has 0 saturated carbocycles. The first-order valence-electron chi connectivity index (χ1n) is 7.52. The monoisotopic (exact) mass is 270 g/mol. The van der Waals surface area contributed by atoms with E-state index in [4.69, 9.17) is 0 Å². The van der Waals surface area contributed by atoms with E-state index in [0.29, 0.717) is 5.92 Å². The maximum absolute atomic E-state index is 2.35. The van der Waals surface area contributed by atoms with Gasteiger partial charge in [-0.25, -0.2) is 0 Å². The van der Waals surface area contributed by atoms with Crippen molar-refractivity contribution < 1.29 is 0 Å². The minimum absolute atomic E-state index is 0.414. The lowest BCUT2D eigenvalue weighted by Crippen LogP contribution is -2.31. The van der Waals surface area contributed by atoms with Crippen LogP contribution in [0.2, 0.25) is 0 Å². The Hall–Kier alpha value is -2.34. The van der Waals surface area contributed by atoms with Crippen LogP contribution in [-0.4, -0.2) is 0 Å². The van der Waals surface area contributed by atoms with Crippen molar-refractivity contribution in [3.63, 3.8) is 0 Å². The first kappa shape index (κ1) is 12.4. The Morgan fingerprint density at radius 2 is 1.62 bits per heavy atom. The largest absolute Gasteiger partial charge is 0.0732 e. The van der Waals surface area contributed by atoms with Gasteiger partial charge < -0.3 is 0 Å². The highest BCUT2D eigenvalue weighted by Crippen LogP contribution is 2.27. The Morgan fingerprint density at radius 1 is 0.857 bits per heavy atom. The third-order valence-electron chi connectivity index (χ3n) is 4.44. The van der Waals surface area contributed by atoms with Crippen molar-refractivity contribution in [2.45, 2.75) is 19.8 Å². The molecule has 0 unspecified atom stereocenters. The molecule has 0 heterocycles. The lowest BCUT2D eigenvalue weighted by molar-refractivity contribution is 1.08. The summed E-state index contributed by atoms with van der Waals surface area (Å²) < 4.78 is 0. The van der Waals surface area contributed by atoms with Gasteiger partial charge >= 0.3 is 0 Å². The van der Waals surface area contributed by atoms with Crippen molar-refractivity contribution >= 4 is 11.6 Å². The van der Waals surface area contributed by atoms with Gasteiger partial charge in [0.15, 0.2) is 0 Å². The van der Waals surface area contributed by atoms with Crippen LogP contribution < -0.4 is 10.4 Å². The second-order valence-electron chi connectivity index (χ2n) is 6.02. The predicted molar refractivity (Wildman–Crippen MR) is 90.5 cm³/mol. The molecule has 2 aliphatic carbocycles. The Kier molecular flexibility index (Phi) is 2.71. The highest BCUT2D eigenvalue weighted by molar-refractivity contribution is 5.83. The van der Waals surface area contributed by atoms with Crippen LogP contribution in [0.4, 0.5) is 0 Å². The summed E-state index contributed by atoms with van der Waals surface area (Å²) in [7, 11) is 0. The van der Waals surface area contributed by atoms with Crippen LogP contribution in [-0.2, 0) is 0 Å². The van der Waals surface area contributed by atoms with Crippen LogP contribution in [0.25, 0.3) is 22.8 Å². The molecular formula is C21H18. The Morgan fingerprint density at radius 3 is 2.38 bits per heavy atom. The van der Waals surface area contributed by atoms with Crippen molar-refractivity contribution in [2.24, 2.45) is 0 Å². The van der Waals surface area contributed by atoms with E-state index in [-0.39, 0.29) is 0 Å². The second kappa shape index (κ2) is 4.60. The summed E-state index contributed by atoms with van der Waals surface area (Å²) in [5, 5.41) is 2.81. The molecule has 0 fully saturated rings. The van der Waals surface area contributed by atoms with E-state index in [1.165, 1.54) is 38.3 Å². The molecule has 0 nitrogen and oxygen atoms in total. The minimum Gasteiger partial charge on any atom is -0.0732 e. The van der Waals surface area contributed by atoms with E-state index in [9.17, 15) is 0 Å². The van der Waals surface area contributed by atoms with Gasteiger partial charge in [0.2, 0.25) is 0 Å². The summed E-state index contributed by atoms with van der Waals surface area (Å²) in [5.74, 6) is 0.414. The standard InChI is InChI=1S/C21H18/c1-14(2)21-18(15-7-3-4-8-15)11-12-19-17-10-6-5-9-16(17)13-20(19)21/h3-13,15H,1-2H3. The zero-order chi connectivity index (χ0) is 14.4. The van der Waals surface area contributed by atoms with Gasteiger partial charge in [-0.3, -0.25) is 0 Å². The van der Waals surface area contributed by atoms with Crippen LogP contribution in [0.15, 0.2) is 60.7 Å². The predicted octanol–water partition coefficient (Wildman–Crippen LogP) is 3.90. The molecule has 0 atom stereocenters. The number of benzene rings is 2. The Balaban J connectivity index is 2.09. The molecule has 0 bridgehead atoms. The molecule has 4 rings (SSSR count). The van der Waals surface area contributed by atoms with E-state index in [1.54, 1.807) is 0 Å². The van der Waals surface area contributed by atoms with Gasteiger partial charge in [-0.2, -0.15) is 0 Å². The summed E-state index contributed by atoms with van der Waals surface area (Å²) in [5.41, 5.74) is 6.88. The van der Waals surface area contributed by atoms with Crippen molar-refractivity contribution in [3.05, 3.63) is 82.3 Å². The summed E-state index contributed by atoms with van der Waals surface area (Å²) in [6.07, 6.45) is 11.2. The quantitative estimate of drug-likeness (QED) is 0.629. The highest BCUT2D eigenvalue weighted by Gasteiger charge is 2.16. The molecule has 0 spiro atoms. The van der Waals surface area contributed by atoms with Gasteiger partial charge in [0.05, 0.1) is 0 Å². The molecule has 0 aromatic heterocycles. The molecule has 0 radical (unpaired) electrons. The van der Waals surface area contributed by atoms with E-state index in [1.807, 2.05) is 0 Å². The lowest BCUT2D eigenvalue weighted by atomic mass is 9.93. The van der Waals surface area contributed by atoms with E-state index >= 15 is 0 Å². The molecule has 21 heavy (non-hydrogen) atoms. The molecule has 0 amide bonds. The van der Waals surface area contributed by atoms with Gasteiger partial charge in [-0.05, 0) is 52.6 Å². The zero-order valence-electron chi connectivity index (χ0n) is 12.4. The van der Waals surface area contributed by atoms with Gasteiger partial charge in [-0.15, -0.1) is 0 Å². The van der Waals surface area contributed by atoms with Crippen LogP contribution in [0.3, 0.4) is 0 Å². The summed E-state index contributed by atoms with van der Waals surface area (Å²) >= 11 is 0. The number of hydrogen-bond acceptors (Lipinski definition) is 0. The van der Waals surface area contributed by atoms with Crippen LogP contribution in [0, 0.1) is 0 Å². The van der Waals surface area contributed by atoms with Gasteiger partial charge in [0.25, 0.3) is 0 Å². The Labute approximate surface area is 125 Å². The van der Waals surface area contributed by atoms with Crippen LogP contribution >= 0.6 is 0 Å². The molecule has 102 valence electrons. The zero-order valence-corrected chi connectivity index (χ0v) is 12.4. The number of allylic oxidation sites excluding steroid dienone is 4. The van der Waals surface area contributed by atoms with Crippen molar-refractivity contribution in [3.8, 4) is 11.1 Å². The average molecular weight is 270 g/mol. The maximum Gasteiger partial charge on any atom is 0.0211 e. The number of hydrogen-bond donors (Lipinski definition) is 0. The summed E-state index contributed by atoms with van der Waals surface area (Å²) in [4.78, 5) is 0. The van der Waals surface area contributed by atoms with Gasteiger partial charge in [-0.1, -0.05) is 66.3 Å². The number of fused-ring (bicyclic) bond motifs is 3. The first-order chi connectivity index (χ1) is 10.3. The van der Waals surface area contributed by atoms with E-state index in [2.05, 4.69) is 80.6 Å². The molecule has 0 heteroatoms. The molecule has 2 aliphatic rings. The molecule has 0 aliphatic heterocycles. The molecule has 0 saturated heterocycles. The highest BCUT2D eigenvalue weighted by atomic mass is 14.2. The fourth-order valence-corrected chi connectivity index (χ4v) is 3.52. The topological polar surface area (TPSA) is 0 Å². The fraction of sp³-hybridized carbons (Fsp3) is 0.143. The van der Waals surface area contributed by atoms with Gasteiger partial charge in [0.1, 0.15) is 0 Å². The summed E-state index contributed by atoms with van der Waals surface area (Å²) in [6, 6.07) is 13.3. The van der Waals surface area contributed by atoms with E-state index < -0.39 is 0 Å². The van der Waals surface area contributed by atoms with E-state index in [0.717, 1.165) is 0 Å². The third-order valence-corrected chi connectivity index (χ3v) is 4.44. The lowest BCUT2D eigenvalue weighted by Gasteiger charge is -2.11. The normalized spacial score (nSPS) is 15.0. The third kappa shape index (κ3) is 1.83. The van der Waals surface area contributed by atoms with Crippen LogP contribution in [0.1, 0.15) is 30.9 Å². The SMILES string of the molecule is CC(C)=c1c(C2C=CC=C2)ccc2c1=Cc1ccccc1-2. The molecule has 2 aromatic carbocycles. The fourth-order valence-electron chi connectivity index (χ4n) is 3.52. The molecular weight excluding hydrogens is 252 g/mol. The smallest absolute Gasteiger partial charge is 0.0211 e. The first-order valence-corrected chi connectivity index (χ1v) is 7.52. The average Bonchev–Trinajstić information content (AvgIpc) is 3.13. The molecule has 0 N–H and O–H groups in total. The number of rotatable bonds is 1. The van der Waals surface area contributed by atoms with Crippen molar-refractivity contribution in [1.29, 1.82) is 0 Å². The maximum atomic E-state index is 2.35. The van der Waals surface area contributed by atoms with Crippen LogP contribution in [0.5, 0.6) is 0 Å². The Bertz CT molecular complexity index is 892. The second-order valence-corrected chi connectivity index (χ2v) is 6.02. The van der Waals surface area contributed by atoms with Gasteiger partial charge in [0, 0.05) is 5.92 Å². The summed E-state index contributed by atoms with van der Waals surface area (Å²) in [6.45, 7) is 4.44. The minimum atomic E-state index is 0.414. The van der Waals surface area contributed by atoms with Crippen molar-refractivity contribution in [2.75, 3.05) is 0 Å². The van der Waals surface area contributed by atoms with Crippen molar-refractivity contribution in [1.82, 2.24) is 0 Å². The molecule has 2 aromatic rings.